The van der Waals surface area contributed by atoms with Crippen LogP contribution in [0.15, 0.2) is 24.3 Å². The predicted octanol–water partition coefficient (Wildman–Crippen LogP) is 2.15. The van der Waals surface area contributed by atoms with E-state index in [0.717, 1.165) is 5.56 Å². The van der Waals surface area contributed by atoms with Gasteiger partial charge in [0.1, 0.15) is 6.61 Å². The molecule has 1 aromatic carbocycles. The van der Waals surface area contributed by atoms with Gasteiger partial charge in [0.2, 0.25) is 0 Å². The molecule has 0 saturated carbocycles. The molecule has 15 heavy (non-hydrogen) atoms. The number of esters is 1. The summed E-state index contributed by atoms with van der Waals surface area (Å²) in [5.74, 6) is -0.342. The average Bonchev–Trinajstić information content (AvgIpc) is 2.25. The van der Waals surface area contributed by atoms with Crippen LogP contribution in [0.2, 0.25) is 0 Å². The van der Waals surface area contributed by atoms with Crippen LogP contribution in [0.5, 0.6) is 0 Å². The highest BCUT2D eigenvalue weighted by Crippen LogP contribution is 2.22. The van der Waals surface area contributed by atoms with Crippen molar-refractivity contribution in [2.75, 3.05) is 18.2 Å². The smallest absolute Gasteiger partial charge is 0.313 e. The zero-order valence-corrected chi connectivity index (χ0v) is 9.33. The number of rotatable bonds is 4. The highest BCUT2D eigenvalue weighted by atomic mass is 35.5. The van der Waals surface area contributed by atoms with Crippen LogP contribution in [0, 0.1) is 0 Å². The van der Waals surface area contributed by atoms with Crippen LogP contribution in [-0.4, -0.2) is 18.5 Å². The number of hydrogen-bond donors (Lipinski definition) is 1. The zero-order valence-electron chi connectivity index (χ0n) is 8.57. The van der Waals surface area contributed by atoms with Gasteiger partial charge in [-0.05, 0) is 18.6 Å². The highest BCUT2D eigenvalue weighted by molar-refractivity contribution is 6.18. The lowest BCUT2D eigenvalue weighted by Crippen LogP contribution is -2.15. The minimum absolute atomic E-state index is 0.234. The molecular formula is C11H14ClNO2. The molecule has 4 heteroatoms. The third-order valence-electron chi connectivity index (χ3n) is 2.14. The second-order valence-electron chi connectivity index (χ2n) is 3.21. The standard InChI is InChI=1S/C11H14ClNO2/c1-8(11(14)15-7-6-12)9-4-2-3-5-10(9)13/h2-5,8H,6-7,13H2,1H3. The Balaban J connectivity index is 2.72. The Morgan fingerprint density at radius 3 is 2.80 bits per heavy atom. The summed E-state index contributed by atoms with van der Waals surface area (Å²) >= 11 is 5.43. The van der Waals surface area contributed by atoms with Crippen molar-refractivity contribution < 1.29 is 9.53 Å². The van der Waals surface area contributed by atoms with E-state index in [1.807, 2.05) is 18.2 Å². The van der Waals surface area contributed by atoms with Crippen molar-refractivity contribution in [3.63, 3.8) is 0 Å². The number of halogens is 1. The topological polar surface area (TPSA) is 52.3 Å². The normalized spacial score (nSPS) is 12.1. The fourth-order valence-corrected chi connectivity index (χ4v) is 1.37. The third kappa shape index (κ3) is 3.13. The molecule has 0 bridgehead atoms. The van der Waals surface area contributed by atoms with Gasteiger partial charge in [-0.25, -0.2) is 0 Å². The van der Waals surface area contributed by atoms with Crippen LogP contribution < -0.4 is 5.73 Å². The number of ether oxygens (including phenoxy) is 1. The summed E-state index contributed by atoms with van der Waals surface area (Å²) in [6.45, 7) is 2.00. The summed E-state index contributed by atoms with van der Waals surface area (Å²) in [6.07, 6.45) is 0. The van der Waals surface area contributed by atoms with E-state index in [4.69, 9.17) is 22.1 Å². The Labute approximate surface area is 94.2 Å². The van der Waals surface area contributed by atoms with Crippen molar-refractivity contribution in [3.8, 4) is 0 Å². The van der Waals surface area contributed by atoms with Gasteiger partial charge < -0.3 is 10.5 Å². The first-order chi connectivity index (χ1) is 7.16. The van der Waals surface area contributed by atoms with E-state index in [0.29, 0.717) is 11.6 Å². The second-order valence-corrected chi connectivity index (χ2v) is 3.59. The number of para-hydroxylation sites is 1. The van der Waals surface area contributed by atoms with Gasteiger partial charge in [-0.15, -0.1) is 11.6 Å². The van der Waals surface area contributed by atoms with Crippen LogP contribution >= 0.6 is 11.6 Å². The molecule has 1 atom stereocenters. The SMILES string of the molecule is CC(C(=O)OCCCl)c1ccccc1N. The van der Waals surface area contributed by atoms with Crippen LogP contribution in [0.3, 0.4) is 0 Å². The summed E-state index contributed by atoms with van der Waals surface area (Å²) in [5, 5.41) is 0. The molecule has 0 aliphatic heterocycles. The molecule has 0 radical (unpaired) electrons. The Bertz CT molecular complexity index is 341. The van der Waals surface area contributed by atoms with Gasteiger partial charge in [0.15, 0.2) is 0 Å². The quantitative estimate of drug-likeness (QED) is 0.487. The first kappa shape index (κ1) is 11.9. The van der Waals surface area contributed by atoms with E-state index in [9.17, 15) is 4.79 Å². The van der Waals surface area contributed by atoms with Crippen LogP contribution in [0.1, 0.15) is 18.4 Å². The van der Waals surface area contributed by atoms with Crippen LogP contribution in [-0.2, 0) is 9.53 Å². The molecule has 0 amide bonds. The molecule has 0 aliphatic rings. The van der Waals surface area contributed by atoms with Crippen LogP contribution in [0.25, 0.3) is 0 Å². The molecule has 2 N–H and O–H groups in total. The molecule has 0 saturated heterocycles. The minimum Gasteiger partial charge on any atom is -0.464 e. The van der Waals surface area contributed by atoms with Gasteiger partial charge in [0.05, 0.1) is 11.8 Å². The molecule has 82 valence electrons. The largest absolute Gasteiger partial charge is 0.464 e. The molecule has 1 aromatic rings. The molecule has 0 aliphatic carbocycles. The number of nitrogen functional groups attached to an aromatic ring is 1. The number of anilines is 1. The summed E-state index contributed by atoms with van der Waals surface area (Å²) in [6, 6.07) is 7.26. The number of carbonyl (C=O) groups is 1. The number of nitrogens with two attached hydrogens (primary N) is 1. The van der Waals surface area contributed by atoms with E-state index in [2.05, 4.69) is 0 Å². The van der Waals surface area contributed by atoms with E-state index in [1.165, 1.54) is 0 Å². The average molecular weight is 228 g/mol. The maximum absolute atomic E-state index is 11.5. The van der Waals surface area contributed by atoms with Crippen molar-refractivity contribution in [2.45, 2.75) is 12.8 Å². The Morgan fingerprint density at radius 2 is 2.20 bits per heavy atom. The third-order valence-corrected chi connectivity index (χ3v) is 2.29. The van der Waals surface area contributed by atoms with Crippen molar-refractivity contribution in [1.82, 2.24) is 0 Å². The molecule has 1 rings (SSSR count). The summed E-state index contributed by atoms with van der Waals surface area (Å²) < 4.78 is 4.94. The minimum atomic E-state index is -0.352. The first-order valence-electron chi connectivity index (χ1n) is 4.73. The van der Waals surface area contributed by atoms with Crippen molar-refractivity contribution in [3.05, 3.63) is 29.8 Å². The van der Waals surface area contributed by atoms with Crippen molar-refractivity contribution in [2.24, 2.45) is 0 Å². The molecular weight excluding hydrogens is 214 g/mol. The van der Waals surface area contributed by atoms with Crippen molar-refractivity contribution >= 4 is 23.3 Å². The summed E-state index contributed by atoms with van der Waals surface area (Å²) in [7, 11) is 0. The Morgan fingerprint density at radius 1 is 1.53 bits per heavy atom. The lowest BCUT2D eigenvalue weighted by atomic mass is 10.00. The fraction of sp³-hybridized carbons (Fsp3) is 0.364. The highest BCUT2D eigenvalue weighted by Gasteiger charge is 2.18. The lowest BCUT2D eigenvalue weighted by Gasteiger charge is -2.12. The fourth-order valence-electron chi connectivity index (χ4n) is 1.30. The zero-order chi connectivity index (χ0) is 11.3. The molecule has 0 spiro atoms. The van der Waals surface area contributed by atoms with Crippen molar-refractivity contribution in [1.29, 1.82) is 0 Å². The van der Waals surface area contributed by atoms with Gasteiger partial charge >= 0.3 is 5.97 Å². The van der Waals surface area contributed by atoms with Gasteiger partial charge in [0, 0.05) is 5.69 Å². The predicted molar refractivity (Wildman–Crippen MR) is 60.9 cm³/mol. The monoisotopic (exact) mass is 227 g/mol. The lowest BCUT2D eigenvalue weighted by molar-refractivity contribution is -0.144. The summed E-state index contributed by atoms with van der Waals surface area (Å²) in [5.41, 5.74) is 7.15. The van der Waals surface area contributed by atoms with E-state index in [-0.39, 0.29) is 18.5 Å². The maximum atomic E-state index is 11.5. The number of carbonyl (C=O) groups excluding carboxylic acids is 1. The molecule has 0 aromatic heterocycles. The van der Waals surface area contributed by atoms with Gasteiger partial charge in [-0.1, -0.05) is 18.2 Å². The maximum Gasteiger partial charge on any atom is 0.313 e. The number of benzene rings is 1. The molecule has 3 nitrogen and oxygen atoms in total. The molecule has 0 fully saturated rings. The van der Waals surface area contributed by atoms with E-state index < -0.39 is 0 Å². The molecule has 0 heterocycles. The second kappa shape index (κ2) is 5.61. The Hall–Kier alpha value is -1.22. The van der Waals surface area contributed by atoms with Gasteiger partial charge in [-0.3, -0.25) is 4.79 Å². The van der Waals surface area contributed by atoms with E-state index in [1.54, 1.807) is 13.0 Å². The molecule has 1 unspecified atom stereocenters. The summed E-state index contributed by atoms with van der Waals surface area (Å²) in [4.78, 5) is 11.5. The Kier molecular flexibility index (Phi) is 4.43. The van der Waals surface area contributed by atoms with Gasteiger partial charge in [0.25, 0.3) is 0 Å². The first-order valence-corrected chi connectivity index (χ1v) is 5.27. The van der Waals surface area contributed by atoms with Crippen LogP contribution in [0.4, 0.5) is 5.69 Å². The van der Waals surface area contributed by atoms with Gasteiger partial charge in [-0.2, -0.15) is 0 Å². The van der Waals surface area contributed by atoms with E-state index >= 15 is 0 Å². The number of alkyl halides is 1. The number of hydrogen-bond acceptors (Lipinski definition) is 3.